The number of rotatable bonds is 2. The minimum absolute atomic E-state index is 0.249. The summed E-state index contributed by atoms with van der Waals surface area (Å²) >= 11 is 0. The standard InChI is InChI=1S/C10H10N4O2/c1-16-10(15)8-5-14(6-13-8)7-2-3-9(11)12-4-7/h2-6H,1H3,(H2,11,12). The average molecular weight is 218 g/mol. The van der Waals surface area contributed by atoms with Gasteiger partial charge in [-0.2, -0.15) is 0 Å². The molecule has 0 unspecified atom stereocenters. The molecule has 82 valence electrons. The van der Waals surface area contributed by atoms with Gasteiger partial charge in [-0.1, -0.05) is 0 Å². The summed E-state index contributed by atoms with van der Waals surface area (Å²) < 4.78 is 6.22. The zero-order valence-electron chi connectivity index (χ0n) is 8.62. The van der Waals surface area contributed by atoms with E-state index in [1.54, 1.807) is 29.1 Å². The number of hydrogen-bond acceptors (Lipinski definition) is 5. The van der Waals surface area contributed by atoms with Crippen LogP contribution in [-0.2, 0) is 4.74 Å². The first-order valence-electron chi connectivity index (χ1n) is 4.55. The van der Waals surface area contributed by atoms with Gasteiger partial charge in [-0.3, -0.25) is 0 Å². The van der Waals surface area contributed by atoms with Gasteiger partial charge in [-0.15, -0.1) is 0 Å². The summed E-state index contributed by atoms with van der Waals surface area (Å²) in [7, 11) is 1.31. The van der Waals surface area contributed by atoms with Crippen LogP contribution < -0.4 is 5.73 Å². The van der Waals surface area contributed by atoms with Crippen molar-refractivity contribution in [1.82, 2.24) is 14.5 Å². The lowest BCUT2D eigenvalue weighted by Crippen LogP contribution is -2.01. The third-order valence-electron chi connectivity index (χ3n) is 2.05. The van der Waals surface area contributed by atoms with Gasteiger partial charge in [0.1, 0.15) is 12.1 Å². The summed E-state index contributed by atoms with van der Waals surface area (Å²) in [5, 5.41) is 0. The zero-order chi connectivity index (χ0) is 11.5. The van der Waals surface area contributed by atoms with E-state index >= 15 is 0 Å². The maximum atomic E-state index is 11.2. The van der Waals surface area contributed by atoms with E-state index in [4.69, 9.17) is 5.73 Å². The topological polar surface area (TPSA) is 83.0 Å². The van der Waals surface area contributed by atoms with Gasteiger partial charge in [0.25, 0.3) is 0 Å². The van der Waals surface area contributed by atoms with Gasteiger partial charge >= 0.3 is 5.97 Å². The monoisotopic (exact) mass is 218 g/mol. The number of pyridine rings is 1. The zero-order valence-corrected chi connectivity index (χ0v) is 8.62. The van der Waals surface area contributed by atoms with Crippen LogP contribution in [-0.4, -0.2) is 27.6 Å². The largest absolute Gasteiger partial charge is 0.464 e. The fourth-order valence-corrected chi connectivity index (χ4v) is 1.22. The normalized spacial score (nSPS) is 10.1. The lowest BCUT2D eigenvalue weighted by molar-refractivity contribution is 0.0594. The number of carbonyl (C=O) groups is 1. The average Bonchev–Trinajstić information content (AvgIpc) is 2.78. The second kappa shape index (κ2) is 4.01. The smallest absolute Gasteiger partial charge is 0.358 e. The maximum Gasteiger partial charge on any atom is 0.358 e. The van der Waals surface area contributed by atoms with Crippen LogP contribution in [0.2, 0.25) is 0 Å². The molecular weight excluding hydrogens is 208 g/mol. The summed E-state index contributed by atoms with van der Waals surface area (Å²) in [5.74, 6) is -0.0285. The predicted molar refractivity (Wildman–Crippen MR) is 57.1 cm³/mol. The van der Waals surface area contributed by atoms with Gasteiger partial charge in [0, 0.05) is 6.20 Å². The molecule has 2 aromatic heterocycles. The quantitative estimate of drug-likeness (QED) is 0.748. The lowest BCUT2D eigenvalue weighted by Gasteiger charge is -2.00. The van der Waals surface area contributed by atoms with Gasteiger partial charge in [0.15, 0.2) is 5.69 Å². The molecule has 0 aromatic carbocycles. The Morgan fingerprint density at radius 2 is 2.25 bits per heavy atom. The van der Waals surface area contributed by atoms with Gasteiger partial charge < -0.3 is 15.0 Å². The van der Waals surface area contributed by atoms with Crippen LogP contribution in [0.1, 0.15) is 10.5 Å². The van der Waals surface area contributed by atoms with Crippen LogP contribution in [0, 0.1) is 0 Å². The SMILES string of the molecule is COC(=O)c1cn(-c2ccc(N)nc2)cn1. The molecule has 0 atom stereocenters. The first-order chi connectivity index (χ1) is 7.70. The molecule has 0 aliphatic carbocycles. The van der Waals surface area contributed by atoms with E-state index in [1.807, 2.05) is 0 Å². The molecule has 0 amide bonds. The van der Waals surface area contributed by atoms with Crippen molar-refractivity contribution in [3.05, 3.63) is 36.5 Å². The summed E-state index contributed by atoms with van der Waals surface area (Å²) in [6.07, 6.45) is 4.68. The van der Waals surface area contributed by atoms with E-state index in [0.29, 0.717) is 5.82 Å². The number of methoxy groups -OCH3 is 1. The molecule has 0 radical (unpaired) electrons. The minimum atomic E-state index is -0.470. The second-order valence-electron chi connectivity index (χ2n) is 3.10. The Hall–Kier alpha value is -2.37. The van der Waals surface area contributed by atoms with E-state index < -0.39 is 5.97 Å². The van der Waals surface area contributed by atoms with E-state index in [0.717, 1.165) is 5.69 Å². The van der Waals surface area contributed by atoms with Crippen LogP contribution >= 0.6 is 0 Å². The Balaban J connectivity index is 2.31. The number of nitrogen functional groups attached to an aromatic ring is 1. The van der Waals surface area contributed by atoms with Crippen molar-refractivity contribution in [2.24, 2.45) is 0 Å². The lowest BCUT2D eigenvalue weighted by atomic mass is 10.4. The summed E-state index contributed by atoms with van der Waals surface area (Å²) in [6, 6.07) is 3.46. The Morgan fingerprint density at radius 1 is 1.44 bits per heavy atom. The number of nitrogens with zero attached hydrogens (tertiary/aromatic N) is 3. The molecule has 0 aliphatic heterocycles. The van der Waals surface area contributed by atoms with Crippen molar-refractivity contribution in [3.63, 3.8) is 0 Å². The van der Waals surface area contributed by atoms with Crippen LogP contribution in [0.4, 0.5) is 5.82 Å². The minimum Gasteiger partial charge on any atom is -0.464 e. The molecule has 0 saturated carbocycles. The third kappa shape index (κ3) is 1.85. The number of anilines is 1. The summed E-state index contributed by atoms with van der Waals surface area (Å²) in [6.45, 7) is 0. The highest BCUT2D eigenvalue weighted by Gasteiger charge is 2.09. The fraction of sp³-hybridized carbons (Fsp3) is 0.100. The highest BCUT2D eigenvalue weighted by atomic mass is 16.5. The van der Waals surface area contributed by atoms with Crippen LogP contribution in [0.3, 0.4) is 0 Å². The summed E-state index contributed by atoms with van der Waals surface area (Å²) in [5.41, 5.74) is 6.49. The number of esters is 1. The molecule has 2 aromatic rings. The molecule has 2 heterocycles. The number of nitrogens with two attached hydrogens (primary N) is 1. The van der Waals surface area contributed by atoms with Crippen molar-refractivity contribution in [3.8, 4) is 5.69 Å². The first-order valence-corrected chi connectivity index (χ1v) is 4.55. The molecule has 6 nitrogen and oxygen atoms in total. The highest BCUT2D eigenvalue weighted by molar-refractivity contribution is 5.86. The fourth-order valence-electron chi connectivity index (χ4n) is 1.22. The second-order valence-corrected chi connectivity index (χ2v) is 3.10. The molecule has 0 saturated heterocycles. The van der Waals surface area contributed by atoms with E-state index in [-0.39, 0.29) is 5.69 Å². The van der Waals surface area contributed by atoms with Gasteiger partial charge in [0.05, 0.1) is 19.0 Å². The molecule has 16 heavy (non-hydrogen) atoms. The van der Waals surface area contributed by atoms with Crippen molar-refractivity contribution in [2.75, 3.05) is 12.8 Å². The molecule has 6 heteroatoms. The first kappa shape index (κ1) is 10.2. The van der Waals surface area contributed by atoms with Crippen molar-refractivity contribution < 1.29 is 9.53 Å². The Labute approximate surface area is 91.7 Å². The molecule has 0 aliphatic rings. The molecule has 2 rings (SSSR count). The molecular formula is C10H10N4O2. The number of ether oxygens (including phenoxy) is 1. The molecule has 0 spiro atoms. The number of imidazole rings is 1. The van der Waals surface area contributed by atoms with Gasteiger partial charge in [-0.25, -0.2) is 14.8 Å². The van der Waals surface area contributed by atoms with Gasteiger partial charge in [-0.05, 0) is 12.1 Å². The number of aromatic nitrogens is 3. The van der Waals surface area contributed by atoms with Crippen molar-refractivity contribution in [2.45, 2.75) is 0 Å². The van der Waals surface area contributed by atoms with E-state index in [2.05, 4.69) is 14.7 Å². The van der Waals surface area contributed by atoms with Crippen LogP contribution in [0.5, 0.6) is 0 Å². The maximum absolute atomic E-state index is 11.2. The van der Waals surface area contributed by atoms with Crippen molar-refractivity contribution >= 4 is 11.8 Å². The van der Waals surface area contributed by atoms with Crippen molar-refractivity contribution in [1.29, 1.82) is 0 Å². The molecule has 2 N–H and O–H groups in total. The van der Waals surface area contributed by atoms with E-state index in [1.165, 1.54) is 13.4 Å². The Morgan fingerprint density at radius 3 is 2.88 bits per heavy atom. The van der Waals surface area contributed by atoms with E-state index in [9.17, 15) is 4.79 Å². The number of carbonyl (C=O) groups excluding carboxylic acids is 1. The summed E-state index contributed by atoms with van der Waals surface area (Å²) in [4.78, 5) is 19.0. The van der Waals surface area contributed by atoms with Gasteiger partial charge in [0.2, 0.25) is 0 Å². The van der Waals surface area contributed by atoms with Crippen LogP contribution in [0.25, 0.3) is 5.69 Å². The molecule has 0 bridgehead atoms. The van der Waals surface area contributed by atoms with Crippen LogP contribution in [0.15, 0.2) is 30.9 Å². The predicted octanol–water partition coefficient (Wildman–Crippen LogP) is 0.636. The Kier molecular flexibility index (Phi) is 2.55. The number of hydrogen-bond donors (Lipinski definition) is 1. The third-order valence-corrected chi connectivity index (χ3v) is 2.05. The highest BCUT2D eigenvalue weighted by Crippen LogP contribution is 2.09. The Bertz CT molecular complexity index is 504. The molecule has 0 fully saturated rings.